The lowest BCUT2D eigenvalue weighted by Gasteiger charge is -2.33. The summed E-state index contributed by atoms with van der Waals surface area (Å²) in [6.07, 6.45) is 8.28. The van der Waals surface area contributed by atoms with E-state index in [0.717, 1.165) is 31.2 Å². The van der Waals surface area contributed by atoms with Crippen molar-refractivity contribution < 1.29 is 8.42 Å². The molecule has 0 aliphatic heterocycles. The lowest BCUT2D eigenvalue weighted by Crippen LogP contribution is -2.44. The minimum Gasteiger partial charge on any atom is -0.207 e. The molecule has 3 fully saturated rings. The van der Waals surface area contributed by atoms with Crippen molar-refractivity contribution >= 4 is 10.0 Å². The van der Waals surface area contributed by atoms with E-state index in [2.05, 4.69) is 35.1 Å². The van der Waals surface area contributed by atoms with Crippen LogP contribution in [0.25, 0.3) is 0 Å². The zero-order valence-corrected chi connectivity index (χ0v) is 17.3. The van der Waals surface area contributed by atoms with E-state index in [1.165, 1.54) is 24.8 Å². The number of benzene rings is 2. The Morgan fingerprint density at radius 2 is 1.57 bits per heavy atom. The summed E-state index contributed by atoms with van der Waals surface area (Å²) in [6.45, 7) is 1.98. The van der Waals surface area contributed by atoms with Crippen molar-refractivity contribution in [1.29, 1.82) is 0 Å². The second-order valence-corrected chi connectivity index (χ2v) is 11.0. The van der Waals surface area contributed by atoms with E-state index in [1.54, 1.807) is 12.1 Å². The van der Waals surface area contributed by atoms with Gasteiger partial charge in [-0.1, -0.05) is 67.3 Å². The van der Waals surface area contributed by atoms with Gasteiger partial charge in [0.25, 0.3) is 0 Å². The number of hydrogen-bond donors (Lipinski definition) is 1. The normalized spacial score (nSPS) is 30.5. The first kappa shape index (κ1) is 18.4. The van der Waals surface area contributed by atoms with Gasteiger partial charge >= 0.3 is 0 Å². The topological polar surface area (TPSA) is 46.2 Å². The maximum atomic E-state index is 13.2. The van der Waals surface area contributed by atoms with Crippen molar-refractivity contribution in [3.63, 3.8) is 0 Å². The summed E-state index contributed by atoms with van der Waals surface area (Å²) in [5.41, 5.74) is 2.82. The van der Waals surface area contributed by atoms with Crippen molar-refractivity contribution in [3.8, 4) is 0 Å². The van der Waals surface area contributed by atoms with Crippen LogP contribution in [0.5, 0.6) is 0 Å². The Balaban J connectivity index is 1.45. The van der Waals surface area contributed by atoms with Crippen LogP contribution in [0.15, 0.2) is 59.5 Å². The number of rotatable bonds is 6. The largest absolute Gasteiger partial charge is 0.240 e. The first-order valence-corrected chi connectivity index (χ1v) is 12.1. The molecule has 0 heterocycles. The zero-order valence-electron chi connectivity index (χ0n) is 16.5. The van der Waals surface area contributed by atoms with Gasteiger partial charge in [-0.15, -0.1) is 0 Å². The maximum Gasteiger partial charge on any atom is 0.240 e. The third-order valence-corrected chi connectivity index (χ3v) is 9.05. The van der Waals surface area contributed by atoms with Crippen LogP contribution in [0.2, 0.25) is 0 Å². The number of fused-ring (bicyclic) bond motifs is 1. The SMILES string of the molecule is Cc1ccc(S(=O)(=O)NC(C2CCCCC2)C23CC2(c2ccccc2)C3)cc1. The van der Waals surface area contributed by atoms with E-state index in [9.17, 15) is 8.42 Å². The summed E-state index contributed by atoms with van der Waals surface area (Å²) in [7, 11) is -3.50. The molecule has 1 atom stereocenters. The Bertz CT molecular complexity index is 953. The molecule has 3 nitrogen and oxygen atoms in total. The van der Waals surface area contributed by atoms with E-state index < -0.39 is 10.0 Å². The third kappa shape index (κ3) is 2.84. The summed E-state index contributed by atoms with van der Waals surface area (Å²) in [5.74, 6) is 0.460. The zero-order chi connectivity index (χ0) is 19.4. The molecule has 0 spiro atoms. The number of aryl methyl sites for hydroxylation is 1. The highest BCUT2D eigenvalue weighted by atomic mass is 32.2. The van der Waals surface area contributed by atoms with Gasteiger partial charge in [-0.25, -0.2) is 13.1 Å². The van der Waals surface area contributed by atoms with Crippen LogP contribution in [0, 0.1) is 18.3 Å². The van der Waals surface area contributed by atoms with Gasteiger partial charge in [-0.3, -0.25) is 0 Å². The first-order chi connectivity index (χ1) is 13.5. The monoisotopic (exact) mass is 395 g/mol. The Labute approximate surface area is 168 Å². The van der Waals surface area contributed by atoms with Gasteiger partial charge in [0.2, 0.25) is 10.0 Å². The van der Waals surface area contributed by atoms with Crippen LogP contribution in [0.1, 0.15) is 56.1 Å². The molecule has 2 aromatic rings. The molecule has 2 aromatic carbocycles. The highest BCUT2D eigenvalue weighted by Gasteiger charge is 2.86. The first-order valence-electron chi connectivity index (χ1n) is 10.6. The molecular weight excluding hydrogens is 366 g/mol. The predicted molar refractivity (Wildman–Crippen MR) is 112 cm³/mol. The molecule has 3 saturated carbocycles. The Morgan fingerprint density at radius 1 is 0.929 bits per heavy atom. The Morgan fingerprint density at radius 3 is 2.21 bits per heavy atom. The van der Waals surface area contributed by atoms with E-state index >= 15 is 0 Å². The van der Waals surface area contributed by atoms with Gasteiger partial charge in [-0.05, 0) is 61.6 Å². The van der Waals surface area contributed by atoms with Crippen molar-refractivity contribution in [3.05, 3.63) is 65.7 Å². The number of sulfonamides is 1. The fraction of sp³-hybridized carbons (Fsp3) is 0.500. The molecule has 5 rings (SSSR count). The van der Waals surface area contributed by atoms with Crippen molar-refractivity contribution in [2.24, 2.45) is 11.3 Å². The number of nitrogens with one attached hydrogen (secondary N) is 1. The van der Waals surface area contributed by atoms with E-state index in [0.29, 0.717) is 10.8 Å². The summed E-state index contributed by atoms with van der Waals surface area (Å²) in [6, 6.07) is 18.0. The summed E-state index contributed by atoms with van der Waals surface area (Å²) in [4.78, 5) is 0.391. The second kappa shape index (κ2) is 6.43. The van der Waals surface area contributed by atoms with Crippen molar-refractivity contribution in [2.45, 2.75) is 68.2 Å². The fourth-order valence-electron chi connectivity index (χ4n) is 5.78. The van der Waals surface area contributed by atoms with Crippen LogP contribution in [0.3, 0.4) is 0 Å². The summed E-state index contributed by atoms with van der Waals surface area (Å²) >= 11 is 0. The lowest BCUT2D eigenvalue weighted by atomic mass is 9.80. The average molecular weight is 396 g/mol. The van der Waals surface area contributed by atoms with Gasteiger partial charge in [0, 0.05) is 11.5 Å². The average Bonchev–Trinajstić information content (AvgIpc) is 3.56. The maximum absolute atomic E-state index is 13.2. The third-order valence-electron chi connectivity index (χ3n) is 7.59. The molecule has 0 aromatic heterocycles. The van der Waals surface area contributed by atoms with E-state index in [-0.39, 0.29) is 16.9 Å². The molecule has 0 radical (unpaired) electrons. The van der Waals surface area contributed by atoms with Gasteiger partial charge < -0.3 is 0 Å². The van der Waals surface area contributed by atoms with Gasteiger partial charge in [0.1, 0.15) is 0 Å². The van der Waals surface area contributed by atoms with Crippen molar-refractivity contribution in [1.82, 2.24) is 4.72 Å². The molecule has 1 N–H and O–H groups in total. The molecule has 0 saturated heterocycles. The quantitative estimate of drug-likeness (QED) is 0.752. The standard InChI is InChI=1S/C24H29NO2S/c1-18-12-14-21(15-13-18)28(26,27)25-22(19-8-4-2-5-9-19)24-16-23(24,17-24)20-10-6-3-7-11-20/h3,6-7,10-15,19,22,25H,2,4-5,8-9,16-17H2,1H3. The second-order valence-electron chi connectivity index (χ2n) is 9.27. The fourth-order valence-corrected chi connectivity index (χ4v) is 7.17. The molecule has 0 bridgehead atoms. The van der Waals surface area contributed by atoms with Crippen molar-refractivity contribution in [2.75, 3.05) is 0 Å². The highest BCUT2D eigenvalue weighted by molar-refractivity contribution is 7.89. The van der Waals surface area contributed by atoms with Gasteiger partial charge in [-0.2, -0.15) is 0 Å². The van der Waals surface area contributed by atoms with E-state index in [1.807, 2.05) is 19.1 Å². The highest BCUT2D eigenvalue weighted by Crippen LogP contribution is 2.88. The summed E-state index contributed by atoms with van der Waals surface area (Å²) in [5, 5.41) is 0. The van der Waals surface area contributed by atoms with Crippen LogP contribution in [-0.2, 0) is 15.4 Å². The van der Waals surface area contributed by atoms with Crippen LogP contribution < -0.4 is 4.72 Å². The Kier molecular flexibility index (Phi) is 4.22. The van der Waals surface area contributed by atoms with Gasteiger partial charge in [0.05, 0.1) is 4.90 Å². The minimum atomic E-state index is -3.50. The van der Waals surface area contributed by atoms with E-state index in [4.69, 9.17) is 0 Å². The van der Waals surface area contributed by atoms with Crippen LogP contribution in [0.4, 0.5) is 0 Å². The smallest absolute Gasteiger partial charge is 0.207 e. The lowest BCUT2D eigenvalue weighted by molar-refractivity contribution is 0.245. The molecule has 148 valence electrons. The molecular formula is C24H29NO2S. The van der Waals surface area contributed by atoms with Gasteiger partial charge in [0.15, 0.2) is 0 Å². The molecule has 3 aliphatic rings. The molecule has 3 aliphatic carbocycles. The molecule has 28 heavy (non-hydrogen) atoms. The molecule has 0 amide bonds. The van der Waals surface area contributed by atoms with Crippen LogP contribution in [-0.4, -0.2) is 14.5 Å². The number of hydrogen-bond acceptors (Lipinski definition) is 2. The molecule has 1 unspecified atom stereocenters. The Hall–Kier alpha value is -1.65. The molecule has 4 heteroatoms. The predicted octanol–water partition coefficient (Wildman–Crippen LogP) is 4.95. The van der Waals surface area contributed by atoms with Crippen LogP contribution >= 0.6 is 0 Å². The summed E-state index contributed by atoms with van der Waals surface area (Å²) < 4.78 is 29.6. The minimum absolute atomic E-state index is 0.0549.